The van der Waals surface area contributed by atoms with Crippen LogP contribution >= 0.6 is 11.3 Å². The maximum absolute atomic E-state index is 7.45. The molecule has 9 aromatic rings. The Bertz CT molecular complexity index is 2640. The number of hydrogen-bond donors (Lipinski definition) is 0. The Morgan fingerprint density at radius 2 is 1.02 bits per heavy atom. The maximum Gasteiger partial charge on any atom is 0.187 e. The van der Waals surface area contributed by atoms with Gasteiger partial charge >= 0.3 is 0 Å². The Balaban J connectivity index is 1.21. The third kappa shape index (κ3) is 4.12. The molecular formula is C42H24N2S. The minimum absolute atomic E-state index is 0.681. The van der Waals surface area contributed by atoms with Crippen molar-refractivity contribution in [2.24, 2.45) is 0 Å². The molecule has 2 aromatic heterocycles. The summed E-state index contributed by atoms with van der Waals surface area (Å²) >= 11 is 1.78. The van der Waals surface area contributed by atoms with Crippen LogP contribution in [0.4, 0.5) is 5.69 Å². The fourth-order valence-corrected chi connectivity index (χ4v) is 7.87. The van der Waals surface area contributed by atoms with Crippen molar-refractivity contribution in [1.29, 1.82) is 0 Å². The van der Waals surface area contributed by atoms with E-state index in [1.54, 1.807) is 11.3 Å². The van der Waals surface area contributed by atoms with Gasteiger partial charge in [0.05, 0.1) is 6.57 Å². The molecule has 208 valence electrons. The lowest BCUT2D eigenvalue weighted by Crippen LogP contribution is -1.89. The second kappa shape index (κ2) is 10.1. The first kappa shape index (κ1) is 25.7. The fraction of sp³-hybridized carbons (Fsp3) is 0. The first-order chi connectivity index (χ1) is 22.2. The van der Waals surface area contributed by atoms with Gasteiger partial charge in [0.2, 0.25) is 0 Å². The van der Waals surface area contributed by atoms with E-state index in [0.717, 1.165) is 10.9 Å². The van der Waals surface area contributed by atoms with Crippen molar-refractivity contribution in [2.45, 2.75) is 0 Å². The quantitative estimate of drug-likeness (QED) is 0.148. The molecule has 2 nitrogen and oxygen atoms in total. The molecule has 0 atom stereocenters. The van der Waals surface area contributed by atoms with Crippen LogP contribution in [0.1, 0.15) is 0 Å². The van der Waals surface area contributed by atoms with Crippen molar-refractivity contribution in [3.8, 4) is 33.4 Å². The standard InChI is InChI=1S/C42H24N2S/c1-43-30-17-19-42-40(22-30)39-21-28(16-18-41(39)45-42)26-12-14-27(15-13-26)35-23-37-34-11-5-3-9-32(34)36(29-7-6-20-44-25-29)24-38(37)33-10-4-2-8-31(33)35/h2-25H. The predicted molar refractivity (Wildman–Crippen MR) is 192 cm³/mol. The van der Waals surface area contributed by atoms with Crippen LogP contribution in [0, 0.1) is 6.57 Å². The molecule has 0 saturated heterocycles. The summed E-state index contributed by atoms with van der Waals surface area (Å²) < 4.78 is 2.46. The second-order valence-electron chi connectivity index (χ2n) is 11.5. The Labute approximate surface area is 264 Å². The summed E-state index contributed by atoms with van der Waals surface area (Å²) in [5, 5.41) is 9.84. The molecule has 0 fully saturated rings. The van der Waals surface area contributed by atoms with Crippen LogP contribution in [0.25, 0.3) is 90.7 Å². The Kier molecular flexibility index (Phi) is 5.78. The van der Waals surface area contributed by atoms with Crippen LogP contribution in [0.3, 0.4) is 0 Å². The summed E-state index contributed by atoms with van der Waals surface area (Å²) in [5.74, 6) is 0. The van der Waals surface area contributed by atoms with Crippen LogP contribution in [0.15, 0.2) is 146 Å². The Morgan fingerprint density at radius 1 is 0.444 bits per heavy atom. The topological polar surface area (TPSA) is 17.2 Å². The smallest absolute Gasteiger partial charge is 0.187 e. The number of nitrogens with zero attached hydrogens (tertiary/aromatic N) is 2. The number of thiophene rings is 1. The van der Waals surface area contributed by atoms with Crippen LogP contribution in [0.5, 0.6) is 0 Å². The zero-order valence-electron chi connectivity index (χ0n) is 24.2. The minimum Gasteiger partial charge on any atom is -0.264 e. The summed E-state index contributed by atoms with van der Waals surface area (Å²) in [7, 11) is 0. The van der Waals surface area contributed by atoms with E-state index in [4.69, 9.17) is 6.57 Å². The molecule has 7 aromatic carbocycles. The van der Waals surface area contributed by atoms with Crippen molar-refractivity contribution < 1.29 is 0 Å². The summed E-state index contributed by atoms with van der Waals surface area (Å²) in [4.78, 5) is 8.07. The average molecular weight is 589 g/mol. The lowest BCUT2D eigenvalue weighted by Gasteiger charge is -2.16. The van der Waals surface area contributed by atoms with Gasteiger partial charge < -0.3 is 0 Å². The van der Waals surface area contributed by atoms with Crippen molar-refractivity contribution in [2.75, 3.05) is 0 Å². The number of benzene rings is 7. The molecule has 9 rings (SSSR count). The predicted octanol–water partition coefficient (Wildman–Crippen LogP) is 12.5. The van der Waals surface area contributed by atoms with Gasteiger partial charge in [-0.1, -0.05) is 97.1 Å². The van der Waals surface area contributed by atoms with Crippen LogP contribution in [-0.4, -0.2) is 4.98 Å². The van der Waals surface area contributed by atoms with Gasteiger partial charge in [-0.3, -0.25) is 4.98 Å². The molecular weight excluding hydrogens is 565 g/mol. The van der Waals surface area contributed by atoms with Gasteiger partial charge in [-0.05, 0) is 107 Å². The molecule has 0 aliphatic carbocycles. The molecule has 0 aliphatic heterocycles. The lowest BCUT2D eigenvalue weighted by molar-refractivity contribution is 1.33. The molecule has 45 heavy (non-hydrogen) atoms. The fourth-order valence-electron chi connectivity index (χ4n) is 6.81. The number of aromatic nitrogens is 1. The molecule has 0 amide bonds. The van der Waals surface area contributed by atoms with Gasteiger partial charge in [-0.2, -0.15) is 0 Å². The van der Waals surface area contributed by atoms with Crippen molar-refractivity contribution in [3.05, 3.63) is 157 Å². The molecule has 2 heterocycles. The summed E-state index contributed by atoms with van der Waals surface area (Å²) in [5.41, 5.74) is 7.79. The Morgan fingerprint density at radius 3 is 1.67 bits per heavy atom. The van der Waals surface area contributed by atoms with Crippen LogP contribution in [-0.2, 0) is 0 Å². The van der Waals surface area contributed by atoms with Crippen molar-refractivity contribution >= 4 is 69.5 Å². The van der Waals surface area contributed by atoms with Gasteiger partial charge in [0.15, 0.2) is 5.69 Å². The highest BCUT2D eigenvalue weighted by atomic mass is 32.1. The highest BCUT2D eigenvalue weighted by Gasteiger charge is 2.15. The van der Waals surface area contributed by atoms with E-state index in [2.05, 4.69) is 125 Å². The largest absolute Gasteiger partial charge is 0.264 e. The van der Waals surface area contributed by atoms with E-state index in [1.165, 1.54) is 74.9 Å². The molecule has 0 unspecified atom stereocenters. The van der Waals surface area contributed by atoms with E-state index >= 15 is 0 Å². The zero-order chi connectivity index (χ0) is 29.9. The molecule has 0 bridgehead atoms. The van der Waals surface area contributed by atoms with Gasteiger partial charge in [0, 0.05) is 27.4 Å². The van der Waals surface area contributed by atoms with Crippen molar-refractivity contribution in [1.82, 2.24) is 4.98 Å². The highest BCUT2D eigenvalue weighted by Crippen LogP contribution is 2.42. The van der Waals surface area contributed by atoms with Crippen LogP contribution < -0.4 is 0 Å². The second-order valence-corrected chi connectivity index (χ2v) is 12.5. The normalized spacial score (nSPS) is 11.5. The van der Waals surface area contributed by atoms with E-state index < -0.39 is 0 Å². The van der Waals surface area contributed by atoms with E-state index in [9.17, 15) is 0 Å². The monoisotopic (exact) mass is 588 g/mol. The molecule has 0 saturated carbocycles. The van der Waals surface area contributed by atoms with E-state index in [0.29, 0.717) is 5.69 Å². The summed E-state index contributed by atoms with van der Waals surface area (Å²) in [6.45, 7) is 7.45. The third-order valence-electron chi connectivity index (χ3n) is 8.97. The van der Waals surface area contributed by atoms with Gasteiger partial charge in [0.25, 0.3) is 0 Å². The molecule has 0 N–H and O–H groups in total. The first-order valence-corrected chi connectivity index (χ1v) is 15.8. The van der Waals surface area contributed by atoms with E-state index in [1.807, 2.05) is 30.6 Å². The van der Waals surface area contributed by atoms with Crippen LogP contribution in [0.2, 0.25) is 0 Å². The summed E-state index contributed by atoms with van der Waals surface area (Å²) in [6.07, 6.45) is 3.78. The minimum atomic E-state index is 0.681. The molecule has 0 radical (unpaired) electrons. The SMILES string of the molecule is [C-]#[N+]c1ccc2sc3ccc(-c4ccc(-c5cc6c7ccccc7c(-c7cccnc7)cc6c6ccccc56)cc4)cc3c2c1. The van der Waals surface area contributed by atoms with Gasteiger partial charge in [-0.25, -0.2) is 4.85 Å². The average Bonchev–Trinajstić information content (AvgIpc) is 3.48. The molecule has 0 spiro atoms. The number of pyridine rings is 1. The lowest BCUT2D eigenvalue weighted by atomic mass is 9.88. The molecule has 0 aliphatic rings. The number of hydrogen-bond acceptors (Lipinski definition) is 2. The van der Waals surface area contributed by atoms with Crippen molar-refractivity contribution in [3.63, 3.8) is 0 Å². The van der Waals surface area contributed by atoms with E-state index in [-0.39, 0.29) is 0 Å². The van der Waals surface area contributed by atoms with Gasteiger partial charge in [0.1, 0.15) is 0 Å². The Hall–Kier alpha value is -5.82. The number of fused-ring (bicyclic) bond motifs is 8. The highest BCUT2D eigenvalue weighted by molar-refractivity contribution is 7.25. The molecule has 3 heteroatoms. The summed E-state index contributed by atoms with van der Waals surface area (Å²) in [6, 6.07) is 48.0. The number of rotatable bonds is 3. The van der Waals surface area contributed by atoms with Gasteiger partial charge in [-0.15, -0.1) is 11.3 Å². The third-order valence-corrected chi connectivity index (χ3v) is 10.1. The zero-order valence-corrected chi connectivity index (χ0v) is 25.0. The first-order valence-electron chi connectivity index (χ1n) is 15.0. The maximum atomic E-state index is 7.45.